The van der Waals surface area contributed by atoms with E-state index in [0.29, 0.717) is 31.6 Å². The van der Waals surface area contributed by atoms with E-state index in [1.54, 1.807) is 0 Å². The number of amides is 2. The summed E-state index contributed by atoms with van der Waals surface area (Å²) in [5.74, 6) is -3.97. The van der Waals surface area contributed by atoms with Crippen molar-refractivity contribution in [3.8, 4) is 0 Å². The summed E-state index contributed by atoms with van der Waals surface area (Å²) in [6.07, 6.45) is 0.577. The molecule has 6 nitrogen and oxygen atoms in total. The fourth-order valence-electron chi connectivity index (χ4n) is 2.13. The Labute approximate surface area is 119 Å². The van der Waals surface area contributed by atoms with Crippen LogP contribution in [0, 0.1) is 11.6 Å². The normalized spacial score (nSPS) is 17.9. The van der Waals surface area contributed by atoms with Crippen LogP contribution >= 0.6 is 0 Å². The van der Waals surface area contributed by atoms with Crippen molar-refractivity contribution in [2.24, 2.45) is 0 Å². The fraction of sp³-hybridized carbons (Fsp3) is 0.385. The SMILES string of the molecule is COC1CCN(C(=O)Nc2cc(F)c(F)cc2C(=O)O)C1. The van der Waals surface area contributed by atoms with Crippen LogP contribution in [0.3, 0.4) is 0 Å². The molecule has 0 aliphatic carbocycles. The number of methoxy groups -OCH3 is 1. The Morgan fingerprint density at radius 2 is 2.05 bits per heavy atom. The lowest BCUT2D eigenvalue weighted by molar-refractivity contribution is 0.0697. The number of carboxylic acids is 1. The molecule has 1 aliphatic heterocycles. The lowest BCUT2D eigenvalue weighted by atomic mass is 10.1. The number of carbonyl (C=O) groups is 2. The Balaban J connectivity index is 2.17. The molecule has 2 rings (SSSR count). The van der Waals surface area contributed by atoms with Gasteiger partial charge in [-0.2, -0.15) is 0 Å². The Hall–Kier alpha value is -2.22. The van der Waals surface area contributed by atoms with Gasteiger partial charge in [0.15, 0.2) is 11.6 Å². The Bertz CT molecular complexity index is 580. The van der Waals surface area contributed by atoms with E-state index in [-0.39, 0.29) is 11.8 Å². The van der Waals surface area contributed by atoms with Gasteiger partial charge in [0.2, 0.25) is 0 Å². The van der Waals surface area contributed by atoms with E-state index in [1.807, 2.05) is 0 Å². The molecule has 1 atom stereocenters. The summed E-state index contributed by atoms with van der Waals surface area (Å²) in [6, 6.07) is 0.610. The fourth-order valence-corrected chi connectivity index (χ4v) is 2.13. The highest BCUT2D eigenvalue weighted by atomic mass is 19.2. The van der Waals surface area contributed by atoms with Gasteiger partial charge in [-0.15, -0.1) is 0 Å². The van der Waals surface area contributed by atoms with Gasteiger partial charge < -0.3 is 20.1 Å². The second-order valence-electron chi connectivity index (χ2n) is 4.64. The number of anilines is 1. The lowest BCUT2D eigenvalue weighted by Gasteiger charge is -2.18. The third-order valence-corrected chi connectivity index (χ3v) is 3.30. The molecule has 1 aromatic carbocycles. The van der Waals surface area contributed by atoms with Crippen LogP contribution in [0.4, 0.5) is 19.3 Å². The number of halogens is 2. The number of nitrogens with one attached hydrogen (secondary N) is 1. The number of hydrogen-bond acceptors (Lipinski definition) is 3. The topological polar surface area (TPSA) is 78.9 Å². The van der Waals surface area contributed by atoms with Crippen molar-refractivity contribution in [2.45, 2.75) is 12.5 Å². The van der Waals surface area contributed by atoms with E-state index in [1.165, 1.54) is 12.0 Å². The van der Waals surface area contributed by atoms with Gasteiger partial charge in [-0.1, -0.05) is 0 Å². The maximum absolute atomic E-state index is 13.2. The van der Waals surface area contributed by atoms with Crippen molar-refractivity contribution >= 4 is 17.7 Å². The molecule has 2 amide bonds. The first-order chi connectivity index (χ1) is 9.92. The van der Waals surface area contributed by atoms with Gasteiger partial charge in [0.05, 0.1) is 17.4 Å². The number of urea groups is 1. The molecule has 1 unspecified atom stereocenters. The summed E-state index contributed by atoms with van der Waals surface area (Å²) in [5.41, 5.74) is -0.794. The van der Waals surface area contributed by atoms with Crippen LogP contribution < -0.4 is 5.32 Å². The molecule has 1 heterocycles. The zero-order valence-corrected chi connectivity index (χ0v) is 11.2. The van der Waals surface area contributed by atoms with E-state index in [0.717, 1.165) is 0 Å². The third-order valence-electron chi connectivity index (χ3n) is 3.30. The number of likely N-dealkylation sites (tertiary alicyclic amines) is 1. The van der Waals surface area contributed by atoms with E-state index in [9.17, 15) is 18.4 Å². The number of carbonyl (C=O) groups excluding carboxylic acids is 1. The molecule has 1 fully saturated rings. The largest absolute Gasteiger partial charge is 0.478 e. The highest BCUT2D eigenvalue weighted by molar-refractivity contribution is 6.00. The van der Waals surface area contributed by atoms with Gasteiger partial charge in [-0.05, 0) is 12.5 Å². The van der Waals surface area contributed by atoms with Crippen LogP contribution in [0.5, 0.6) is 0 Å². The van der Waals surface area contributed by atoms with Crippen molar-refractivity contribution in [3.05, 3.63) is 29.3 Å². The maximum Gasteiger partial charge on any atom is 0.337 e. The summed E-state index contributed by atoms with van der Waals surface area (Å²) < 4.78 is 31.4. The molecule has 1 aliphatic rings. The van der Waals surface area contributed by atoms with Crippen LogP contribution in [0.1, 0.15) is 16.8 Å². The molecule has 21 heavy (non-hydrogen) atoms. The third kappa shape index (κ3) is 3.27. The van der Waals surface area contributed by atoms with E-state index >= 15 is 0 Å². The molecule has 8 heteroatoms. The quantitative estimate of drug-likeness (QED) is 0.894. The predicted octanol–water partition coefficient (Wildman–Crippen LogP) is 1.92. The van der Waals surface area contributed by atoms with Gasteiger partial charge in [0, 0.05) is 26.3 Å². The average Bonchev–Trinajstić information content (AvgIpc) is 2.91. The van der Waals surface area contributed by atoms with Crippen molar-refractivity contribution in [1.29, 1.82) is 0 Å². The zero-order valence-electron chi connectivity index (χ0n) is 11.2. The number of rotatable bonds is 3. The van der Waals surface area contributed by atoms with Crippen LogP contribution in [-0.4, -0.2) is 48.3 Å². The molecular formula is C13H14F2N2O4. The molecular weight excluding hydrogens is 286 g/mol. The van der Waals surface area contributed by atoms with Gasteiger partial charge in [-0.3, -0.25) is 0 Å². The molecule has 0 spiro atoms. The highest BCUT2D eigenvalue weighted by Crippen LogP contribution is 2.21. The molecule has 2 N–H and O–H groups in total. The Kier molecular flexibility index (Phi) is 4.37. The molecule has 114 valence electrons. The van der Waals surface area contributed by atoms with Gasteiger partial charge in [0.25, 0.3) is 0 Å². The lowest BCUT2D eigenvalue weighted by Crippen LogP contribution is -2.34. The average molecular weight is 300 g/mol. The van der Waals surface area contributed by atoms with Crippen molar-refractivity contribution in [1.82, 2.24) is 4.90 Å². The first-order valence-electron chi connectivity index (χ1n) is 6.23. The number of carboxylic acid groups (broad SMARTS) is 1. The zero-order chi connectivity index (χ0) is 15.6. The molecule has 0 aromatic heterocycles. The van der Waals surface area contributed by atoms with Crippen molar-refractivity contribution < 1.29 is 28.2 Å². The van der Waals surface area contributed by atoms with Crippen LogP contribution in [0.25, 0.3) is 0 Å². The van der Waals surface area contributed by atoms with Gasteiger partial charge in [-0.25, -0.2) is 18.4 Å². The number of ether oxygens (including phenoxy) is 1. The Morgan fingerprint density at radius 3 is 2.62 bits per heavy atom. The molecule has 0 saturated carbocycles. The minimum atomic E-state index is -1.46. The highest BCUT2D eigenvalue weighted by Gasteiger charge is 2.27. The first-order valence-corrected chi connectivity index (χ1v) is 6.23. The summed E-state index contributed by atoms with van der Waals surface area (Å²) in [6.45, 7) is 0.796. The van der Waals surface area contributed by atoms with E-state index in [4.69, 9.17) is 9.84 Å². The van der Waals surface area contributed by atoms with Crippen molar-refractivity contribution in [2.75, 3.05) is 25.5 Å². The van der Waals surface area contributed by atoms with E-state index in [2.05, 4.69) is 5.32 Å². The van der Waals surface area contributed by atoms with Gasteiger partial charge in [0.1, 0.15) is 0 Å². The number of nitrogens with zero attached hydrogens (tertiary/aromatic N) is 1. The first kappa shape index (κ1) is 15.2. The standard InChI is InChI=1S/C13H14F2N2O4/c1-21-7-2-3-17(6-7)13(20)16-11-5-10(15)9(14)4-8(11)12(18)19/h4-5,7H,2-3,6H2,1H3,(H,16,20)(H,18,19). The Morgan fingerprint density at radius 1 is 1.38 bits per heavy atom. The minimum absolute atomic E-state index is 0.0837. The summed E-state index contributed by atoms with van der Waals surface area (Å²) >= 11 is 0. The second-order valence-corrected chi connectivity index (χ2v) is 4.64. The summed E-state index contributed by atoms with van der Waals surface area (Å²) in [4.78, 5) is 24.4. The molecule has 0 radical (unpaired) electrons. The van der Waals surface area contributed by atoms with Crippen molar-refractivity contribution in [3.63, 3.8) is 0 Å². The number of aromatic carboxylic acids is 1. The second kappa shape index (κ2) is 6.04. The minimum Gasteiger partial charge on any atom is -0.478 e. The molecule has 1 aromatic rings. The van der Waals surface area contributed by atoms with Crippen LogP contribution in [-0.2, 0) is 4.74 Å². The molecule has 1 saturated heterocycles. The summed E-state index contributed by atoms with van der Waals surface area (Å²) in [7, 11) is 1.53. The van der Waals surface area contributed by atoms with Crippen LogP contribution in [0.15, 0.2) is 12.1 Å². The smallest absolute Gasteiger partial charge is 0.337 e. The predicted molar refractivity (Wildman–Crippen MR) is 69.3 cm³/mol. The number of benzene rings is 1. The van der Waals surface area contributed by atoms with Gasteiger partial charge >= 0.3 is 12.0 Å². The summed E-state index contributed by atoms with van der Waals surface area (Å²) in [5, 5.41) is 11.3. The maximum atomic E-state index is 13.2. The monoisotopic (exact) mass is 300 g/mol. The number of hydrogen-bond donors (Lipinski definition) is 2. The molecule has 0 bridgehead atoms. The van der Waals surface area contributed by atoms with Crippen LogP contribution in [0.2, 0.25) is 0 Å². The van der Waals surface area contributed by atoms with E-state index < -0.39 is 29.2 Å².